The molecule has 0 radical (unpaired) electrons. The van der Waals surface area contributed by atoms with Crippen LogP contribution in [0.3, 0.4) is 0 Å². The zero-order valence-electron chi connectivity index (χ0n) is 12.9. The number of hydrogen-bond donors (Lipinski definition) is 4. The van der Waals surface area contributed by atoms with Gasteiger partial charge in [-0.2, -0.15) is 5.10 Å². The SMILES string of the molecule is Cc1ccc(Nc2n[nH]c(N)c2C(=O)Nc2cccc(Cl)c2)cc1. The maximum Gasteiger partial charge on any atom is 0.263 e. The summed E-state index contributed by atoms with van der Waals surface area (Å²) in [5.41, 5.74) is 8.63. The van der Waals surface area contributed by atoms with Crippen molar-refractivity contribution in [3.63, 3.8) is 0 Å². The van der Waals surface area contributed by atoms with Gasteiger partial charge in [0.15, 0.2) is 5.82 Å². The number of carbonyl (C=O) groups is 1. The molecule has 0 spiro atoms. The highest BCUT2D eigenvalue weighted by molar-refractivity contribution is 6.31. The highest BCUT2D eigenvalue weighted by Crippen LogP contribution is 2.25. The Hall–Kier alpha value is -2.99. The monoisotopic (exact) mass is 341 g/mol. The summed E-state index contributed by atoms with van der Waals surface area (Å²) in [7, 11) is 0. The molecule has 7 heteroatoms. The topological polar surface area (TPSA) is 95.8 Å². The maximum absolute atomic E-state index is 12.5. The van der Waals surface area contributed by atoms with Crippen LogP contribution in [0, 0.1) is 6.92 Å². The van der Waals surface area contributed by atoms with E-state index in [1.54, 1.807) is 24.3 Å². The number of benzene rings is 2. The Morgan fingerprint density at radius 1 is 1.17 bits per heavy atom. The molecule has 5 N–H and O–H groups in total. The van der Waals surface area contributed by atoms with Gasteiger partial charge in [-0.05, 0) is 37.3 Å². The summed E-state index contributed by atoms with van der Waals surface area (Å²) in [6, 6.07) is 14.6. The number of amides is 1. The third kappa shape index (κ3) is 3.49. The van der Waals surface area contributed by atoms with Gasteiger partial charge in [-0.15, -0.1) is 0 Å². The van der Waals surface area contributed by atoms with Crippen molar-refractivity contribution in [1.29, 1.82) is 0 Å². The molecule has 0 aliphatic heterocycles. The van der Waals surface area contributed by atoms with E-state index in [-0.39, 0.29) is 17.3 Å². The minimum atomic E-state index is -0.377. The van der Waals surface area contributed by atoms with Gasteiger partial charge in [0.1, 0.15) is 11.4 Å². The maximum atomic E-state index is 12.5. The number of carbonyl (C=O) groups excluding carboxylic acids is 1. The minimum Gasteiger partial charge on any atom is -0.383 e. The normalized spacial score (nSPS) is 10.4. The highest BCUT2D eigenvalue weighted by atomic mass is 35.5. The predicted molar refractivity (Wildman–Crippen MR) is 96.9 cm³/mol. The fourth-order valence-corrected chi connectivity index (χ4v) is 2.40. The number of nitrogens with one attached hydrogen (secondary N) is 3. The molecule has 1 heterocycles. The summed E-state index contributed by atoms with van der Waals surface area (Å²) < 4.78 is 0. The number of aryl methyl sites for hydroxylation is 1. The molecule has 0 aliphatic rings. The molecule has 0 saturated heterocycles. The first-order chi connectivity index (χ1) is 11.5. The van der Waals surface area contributed by atoms with Crippen molar-refractivity contribution in [1.82, 2.24) is 10.2 Å². The standard InChI is InChI=1S/C17H16ClN5O/c1-10-5-7-12(8-6-10)20-16-14(15(19)22-23-16)17(24)21-13-4-2-3-11(18)9-13/h2-9H,1H3,(H,21,24)(H4,19,20,22,23). The van der Waals surface area contributed by atoms with Crippen molar-refractivity contribution in [2.75, 3.05) is 16.4 Å². The number of nitrogens with zero attached hydrogens (tertiary/aromatic N) is 1. The Bertz CT molecular complexity index is 873. The van der Waals surface area contributed by atoms with Crippen LogP contribution in [0.15, 0.2) is 48.5 Å². The van der Waals surface area contributed by atoms with Gasteiger partial charge in [0, 0.05) is 16.4 Å². The first-order valence-corrected chi connectivity index (χ1v) is 7.65. The Balaban J connectivity index is 1.83. The summed E-state index contributed by atoms with van der Waals surface area (Å²) in [6.07, 6.45) is 0. The Labute approximate surface area is 144 Å². The lowest BCUT2D eigenvalue weighted by Crippen LogP contribution is -2.14. The van der Waals surface area contributed by atoms with Gasteiger partial charge in [-0.3, -0.25) is 9.89 Å². The van der Waals surface area contributed by atoms with Gasteiger partial charge in [0.2, 0.25) is 0 Å². The van der Waals surface area contributed by atoms with Crippen molar-refractivity contribution in [2.45, 2.75) is 6.92 Å². The zero-order chi connectivity index (χ0) is 17.1. The lowest BCUT2D eigenvalue weighted by atomic mass is 10.2. The lowest BCUT2D eigenvalue weighted by Gasteiger charge is -2.08. The number of nitrogens with two attached hydrogens (primary N) is 1. The highest BCUT2D eigenvalue weighted by Gasteiger charge is 2.19. The molecule has 0 fully saturated rings. The van der Waals surface area contributed by atoms with Crippen molar-refractivity contribution in [2.24, 2.45) is 0 Å². The largest absolute Gasteiger partial charge is 0.383 e. The molecule has 2 aromatic carbocycles. The predicted octanol–water partition coefficient (Wildman–Crippen LogP) is 3.95. The number of aromatic nitrogens is 2. The van der Waals surface area contributed by atoms with E-state index in [1.165, 1.54) is 0 Å². The fraction of sp³-hybridized carbons (Fsp3) is 0.0588. The molecule has 3 rings (SSSR count). The van der Waals surface area contributed by atoms with Gasteiger partial charge >= 0.3 is 0 Å². The molecule has 1 aromatic heterocycles. The molecule has 0 atom stereocenters. The third-order valence-corrected chi connectivity index (χ3v) is 3.65. The number of nitrogen functional groups attached to an aromatic ring is 1. The summed E-state index contributed by atoms with van der Waals surface area (Å²) in [4.78, 5) is 12.5. The molecule has 6 nitrogen and oxygen atoms in total. The van der Waals surface area contributed by atoms with Crippen LogP contribution in [-0.4, -0.2) is 16.1 Å². The number of anilines is 4. The molecule has 0 aliphatic carbocycles. The summed E-state index contributed by atoms with van der Waals surface area (Å²) in [5, 5.41) is 13.1. The molecule has 24 heavy (non-hydrogen) atoms. The third-order valence-electron chi connectivity index (χ3n) is 3.42. The van der Waals surface area contributed by atoms with E-state index in [2.05, 4.69) is 20.8 Å². The van der Waals surface area contributed by atoms with Crippen LogP contribution < -0.4 is 16.4 Å². The van der Waals surface area contributed by atoms with Crippen LogP contribution in [0.4, 0.5) is 23.0 Å². The Kier molecular flexibility index (Phi) is 4.39. The first kappa shape index (κ1) is 15.9. The number of halogens is 1. The van der Waals surface area contributed by atoms with Crippen molar-refractivity contribution >= 4 is 40.5 Å². The van der Waals surface area contributed by atoms with Crippen LogP contribution in [-0.2, 0) is 0 Å². The first-order valence-electron chi connectivity index (χ1n) is 7.27. The second-order valence-corrected chi connectivity index (χ2v) is 5.75. The quantitative estimate of drug-likeness (QED) is 0.577. The van der Waals surface area contributed by atoms with Gasteiger partial charge < -0.3 is 16.4 Å². The van der Waals surface area contributed by atoms with E-state index >= 15 is 0 Å². The fourth-order valence-electron chi connectivity index (χ4n) is 2.21. The average Bonchev–Trinajstić information content (AvgIpc) is 2.90. The van der Waals surface area contributed by atoms with Crippen molar-refractivity contribution < 1.29 is 4.79 Å². The molecule has 0 bridgehead atoms. The molecular weight excluding hydrogens is 326 g/mol. The van der Waals surface area contributed by atoms with Crippen LogP contribution >= 0.6 is 11.6 Å². The second kappa shape index (κ2) is 6.64. The smallest absolute Gasteiger partial charge is 0.263 e. The lowest BCUT2D eigenvalue weighted by molar-refractivity contribution is 0.102. The summed E-state index contributed by atoms with van der Waals surface area (Å²) >= 11 is 5.93. The second-order valence-electron chi connectivity index (χ2n) is 5.32. The van der Waals surface area contributed by atoms with E-state index in [0.29, 0.717) is 16.5 Å². The minimum absolute atomic E-state index is 0.184. The molecule has 0 unspecified atom stereocenters. The van der Waals surface area contributed by atoms with Gasteiger partial charge in [0.05, 0.1) is 0 Å². The number of aromatic amines is 1. The van der Waals surface area contributed by atoms with E-state index in [0.717, 1.165) is 11.3 Å². The molecule has 3 aromatic rings. The summed E-state index contributed by atoms with van der Waals surface area (Å²) in [5.74, 6) is 0.165. The Morgan fingerprint density at radius 3 is 2.62 bits per heavy atom. The van der Waals surface area contributed by atoms with Crippen molar-refractivity contribution in [3.05, 3.63) is 64.7 Å². The van der Waals surface area contributed by atoms with Crippen LogP contribution in [0.2, 0.25) is 5.02 Å². The molecule has 1 amide bonds. The van der Waals surface area contributed by atoms with Gasteiger partial charge in [-0.1, -0.05) is 35.4 Å². The number of rotatable bonds is 4. The van der Waals surface area contributed by atoms with E-state index in [9.17, 15) is 4.79 Å². The molecule has 122 valence electrons. The molecule has 0 saturated carbocycles. The zero-order valence-corrected chi connectivity index (χ0v) is 13.7. The van der Waals surface area contributed by atoms with Crippen molar-refractivity contribution in [3.8, 4) is 0 Å². The van der Waals surface area contributed by atoms with Crippen LogP contribution in [0.25, 0.3) is 0 Å². The van der Waals surface area contributed by atoms with E-state index in [4.69, 9.17) is 17.3 Å². The number of hydrogen-bond acceptors (Lipinski definition) is 4. The average molecular weight is 342 g/mol. The van der Waals surface area contributed by atoms with Crippen LogP contribution in [0.1, 0.15) is 15.9 Å². The number of H-pyrrole nitrogens is 1. The van der Waals surface area contributed by atoms with E-state index < -0.39 is 0 Å². The van der Waals surface area contributed by atoms with E-state index in [1.807, 2.05) is 31.2 Å². The summed E-state index contributed by atoms with van der Waals surface area (Å²) in [6.45, 7) is 2.00. The Morgan fingerprint density at radius 2 is 1.92 bits per heavy atom. The van der Waals surface area contributed by atoms with Crippen LogP contribution in [0.5, 0.6) is 0 Å². The molecular formula is C17H16ClN5O. The van der Waals surface area contributed by atoms with Gasteiger partial charge in [0.25, 0.3) is 5.91 Å². The van der Waals surface area contributed by atoms with Gasteiger partial charge in [-0.25, -0.2) is 0 Å².